The van der Waals surface area contributed by atoms with Gasteiger partial charge in [-0.2, -0.15) is 5.26 Å². The van der Waals surface area contributed by atoms with E-state index in [0.717, 1.165) is 17.4 Å². The summed E-state index contributed by atoms with van der Waals surface area (Å²) in [7, 11) is 0. The maximum Gasteiger partial charge on any atom is 0.345 e. The summed E-state index contributed by atoms with van der Waals surface area (Å²) in [6.45, 7) is 0. The van der Waals surface area contributed by atoms with Gasteiger partial charge in [-0.05, 0) is 30.3 Å². The van der Waals surface area contributed by atoms with Gasteiger partial charge in [-0.1, -0.05) is 0 Å². The lowest BCUT2D eigenvalue weighted by atomic mass is 10.2. The monoisotopic (exact) mass is 290 g/mol. The second-order valence-corrected chi connectivity index (χ2v) is 4.81. The molecule has 2 rings (SSSR count). The van der Waals surface area contributed by atoms with Crippen LogP contribution < -0.4 is 5.32 Å². The van der Waals surface area contributed by atoms with E-state index in [4.69, 9.17) is 10.4 Å². The first-order valence-corrected chi connectivity index (χ1v) is 6.17. The highest BCUT2D eigenvalue weighted by atomic mass is 32.1. The molecule has 0 aliphatic rings. The first-order valence-electron chi connectivity index (χ1n) is 5.35. The highest BCUT2D eigenvalue weighted by molar-refractivity contribution is 7.15. The molecule has 2 aromatic rings. The molecule has 0 aliphatic heterocycles. The third-order valence-corrected chi connectivity index (χ3v) is 3.46. The summed E-state index contributed by atoms with van der Waals surface area (Å²) in [5, 5.41) is 19.9. The van der Waals surface area contributed by atoms with Gasteiger partial charge in [-0.15, -0.1) is 11.3 Å². The molecule has 0 bridgehead atoms. The Morgan fingerprint density at radius 3 is 2.55 bits per heavy atom. The van der Waals surface area contributed by atoms with Gasteiger partial charge in [0.05, 0.1) is 10.4 Å². The van der Waals surface area contributed by atoms with E-state index < -0.39 is 17.7 Å². The lowest BCUT2D eigenvalue weighted by molar-refractivity contribution is 0.0702. The molecule has 20 heavy (non-hydrogen) atoms. The Balaban J connectivity index is 2.19. The number of hydrogen-bond acceptors (Lipinski definition) is 4. The number of benzene rings is 1. The van der Waals surface area contributed by atoms with Gasteiger partial charge in [0.15, 0.2) is 0 Å². The number of carbonyl (C=O) groups is 2. The third kappa shape index (κ3) is 2.81. The highest BCUT2D eigenvalue weighted by Gasteiger charge is 2.13. The number of aromatic carboxylic acids is 1. The van der Waals surface area contributed by atoms with Gasteiger partial charge in [0, 0.05) is 5.69 Å². The van der Waals surface area contributed by atoms with Crippen molar-refractivity contribution in [1.29, 1.82) is 5.26 Å². The van der Waals surface area contributed by atoms with Crippen molar-refractivity contribution in [2.45, 2.75) is 0 Å². The summed E-state index contributed by atoms with van der Waals surface area (Å²) in [5.41, 5.74) is 0.0819. The summed E-state index contributed by atoms with van der Waals surface area (Å²) >= 11 is 0.831. The van der Waals surface area contributed by atoms with E-state index in [2.05, 4.69) is 5.32 Å². The molecule has 1 amide bonds. The fraction of sp³-hybridized carbons (Fsp3) is 0. The molecular weight excluding hydrogens is 283 g/mol. The van der Waals surface area contributed by atoms with Crippen molar-refractivity contribution in [2.75, 3.05) is 5.32 Å². The van der Waals surface area contributed by atoms with E-state index in [1.54, 1.807) is 6.07 Å². The molecule has 0 saturated carbocycles. The molecule has 5 nitrogen and oxygen atoms in total. The van der Waals surface area contributed by atoms with E-state index in [1.165, 1.54) is 24.3 Å². The summed E-state index contributed by atoms with van der Waals surface area (Å²) < 4.78 is 13.1. The predicted molar refractivity (Wildman–Crippen MR) is 70.3 cm³/mol. The lowest BCUT2D eigenvalue weighted by Gasteiger charge is -2.04. The smallest absolute Gasteiger partial charge is 0.345 e. The molecule has 0 unspecified atom stereocenters. The minimum absolute atomic E-state index is 0.0481. The summed E-state index contributed by atoms with van der Waals surface area (Å²) in [5.74, 6) is -2.30. The van der Waals surface area contributed by atoms with Gasteiger partial charge in [-0.3, -0.25) is 4.79 Å². The Labute approximate surface area is 116 Å². The minimum atomic E-state index is -1.11. The van der Waals surface area contributed by atoms with Crippen molar-refractivity contribution >= 4 is 28.9 Å². The number of carboxylic acids is 1. The van der Waals surface area contributed by atoms with Crippen molar-refractivity contribution < 1.29 is 19.1 Å². The molecule has 1 heterocycles. The maximum absolute atomic E-state index is 13.1. The van der Waals surface area contributed by atoms with Gasteiger partial charge in [0.2, 0.25) is 0 Å². The zero-order valence-corrected chi connectivity index (χ0v) is 10.7. The zero-order valence-electron chi connectivity index (χ0n) is 9.88. The Hall–Kier alpha value is -2.72. The van der Waals surface area contributed by atoms with Gasteiger partial charge < -0.3 is 10.4 Å². The Kier molecular flexibility index (Phi) is 3.77. The number of thiophene rings is 1. The fourth-order valence-corrected chi connectivity index (χ4v) is 2.20. The van der Waals surface area contributed by atoms with E-state index in [1.807, 2.05) is 0 Å². The number of nitrogens with one attached hydrogen (secondary N) is 1. The number of nitriles is 1. The van der Waals surface area contributed by atoms with Crippen molar-refractivity contribution in [2.24, 2.45) is 0 Å². The van der Waals surface area contributed by atoms with Crippen LogP contribution in [-0.4, -0.2) is 17.0 Å². The van der Waals surface area contributed by atoms with Gasteiger partial charge in [0.1, 0.15) is 16.8 Å². The highest BCUT2D eigenvalue weighted by Crippen LogP contribution is 2.19. The van der Waals surface area contributed by atoms with Crippen molar-refractivity contribution in [3.63, 3.8) is 0 Å². The molecule has 0 fully saturated rings. The van der Waals surface area contributed by atoms with Crippen LogP contribution in [0.5, 0.6) is 0 Å². The molecule has 1 aromatic heterocycles. The van der Waals surface area contributed by atoms with E-state index >= 15 is 0 Å². The van der Waals surface area contributed by atoms with Crippen LogP contribution in [0.2, 0.25) is 0 Å². The van der Waals surface area contributed by atoms with Crippen molar-refractivity contribution in [3.05, 3.63) is 51.5 Å². The summed E-state index contributed by atoms with van der Waals surface area (Å²) in [4.78, 5) is 22.8. The number of halogens is 1. The van der Waals surface area contributed by atoms with E-state index in [9.17, 15) is 14.0 Å². The molecule has 0 radical (unpaired) electrons. The van der Waals surface area contributed by atoms with E-state index in [-0.39, 0.29) is 21.0 Å². The van der Waals surface area contributed by atoms with Crippen LogP contribution in [0.15, 0.2) is 30.3 Å². The van der Waals surface area contributed by atoms with Crippen LogP contribution >= 0.6 is 11.3 Å². The molecular formula is C13H7FN2O3S. The van der Waals surface area contributed by atoms with Gasteiger partial charge >= 0.3 is 5.97 Å². The number of rotatable bonds is 3. The average Bonchev–Trinajstić information content (AvgIpc) is 2.91. The summed E-state index contributed by atoms with van der Waals surface area (Å²) in [6.07, 6.45) is 0. The van der Waals surface area contributed by atoms with Crippen LogP contribution in [0.25, 0.3) is 0 Å². The van der Waals surface area contributed by atoms with Gasteiger partial charge in [0.25, 0.3) is 5.91 Å². The molecule has 1 aromatic carbocycles. The number of hydrogen-bond donors (Lipinski definition) is 2. The Morgan fingerprint density at radius 2 is 1.95 bits per heavy atom. The first kappa shape index (κ1) is 13.7. The molecule has 2 N–H and O–H groups in total. The quantitative estimate of drug-likeness (QED) is 0.909. The normalized spacial score (nSPS) is 9.80. The molecule has 0 aliphatic carbocycles. The van der Waals surface area contributed by atoms with E-state index in [0.29, 0.717) is 0 Å². The number of carboxylic acid groups (broad SMARTS) is 1. The predicted octanol–water partition coefficient (Wildman–Crippen LogP) is 2.71. The summed E-state index contributed by atoms with van der Waals surface area (Å²) in [6, 6.07) is 7.98. The van der Waals surface area contributed by atoms with Crippen LogP contribution in [0.1, 0.15) is 24.9 Å². The van der Waals surface area contributed by atoms with Gasteiger partial charge in [-0.25, -0.2) is 9.18 Å². The minimum Gasteiger partial charge on any atom is -0.477 e. The van der Waals surface area contributed by atoms with Crippen LogP contribution in [0, 0.1) is 17.1 Å². The zero-order chi connectivity index (χ0) is 14.7. The Bertz CT molecular complexity index is 733. The number of carbonyl (C=O) groups excluding carboxylic acids is 1. The SMILES string of the molecule is N#Cc1cc(NC(=O)c2ccc(C(=O)O)s2)ccc1F. The first-order chi connectivity index (χ1) is 9.51. The standard InChI is InChI=1S/C13H7FN2O3S/c14-9-2-1-8(5-7(9)6-15)16-12(17)10-3-4-11(20-10)13(18)19/h1-5H,(H,16,17)(H,18,19). The van der Waals surface area contributed by atoms with Crippen LogP contribution in [-0.2, 0) is 0 Å². The Morgan fingerprint density at radius 1 is 1.25 bits per heavy atom. The largest absolute Gasteiger partial charge is 0.477 e. The number of anilines is 1. The average molecular weight is 290 g/mol. The second-order valence-electron chi connectivity index (χ2n) is 3.73. The third-order valence-electron chi connectivity index (χ3n) is 2.39. The topological polar surface area (TPSA) is 90.2 Å². The van der Waals surface area contributed by atoms with Crippen molar-refractivity contribution in [1.82, 2.24) is 0 Å². The fourth-order valence-electron chi connectivity index (χ4n) is 1.46. The van der Waals surface area contributed by atoms with Crippen LogP contribution in [0.4, 0.5) is 10.1 Å². The lowest BCUT2D eigenvalue weighted by Crippen LogP contribution is -2.10. The molecule has 7 heteroatoms. The van der Waals surface area contributed by atoms with Crippen molar-refractivity contribution in [3.8, 4) is 6.07 Å². The number of nitrogens with zero attached hydrogens (tertiary/aromatic N) is 1. The maximum atomic E-state index is 13.1. The molecule has 0 spiro atoms. The molecule has 100 valence electrons. The van der Waals surface area contributed by atoms with Crippen LogP contribution in [0.3, 0.4) is 0 Å². The second kappa shape index (κ2) is 5.50. The number of amides is 1. The molecule has 0 atom stereocenters. The molecule has 0 saturated heterocycles.